The number of hydrogen-bond acceptors (Lipinski definition) is 5. The molecule has 0 amide bonds. The molecule has 0 spiro atoms. The zero-order chi connectivity index (χ0) is 15.7. The number of aryl methyl sites for hydroxylation is 1. The van der Waals surface area contributed by atoms with E-state index in [1.54, 1.807) is 13.2 Å². The highest BCUT2D eigenvalue weighted by atomic mass is 35.5. The van der Waals surface area contributed by atoms with Crippen molar-refractivity contribution in [2.45, 2.75) is 0 Å². The number of fused-ring (bicyclic) bond motifs is 1. The minimum Gasteiger partial charge on any atom is -0.383 e. The van der Waals surface area contributed by atoms with Crippen LogP contribution in [0.3, 0.4) is 0 Å². The molecule has 8 heteroatoms. The average molecular weight is 344 g/mol. The molecule has 2 aromatic heterocycles. The summed E-state index contributed by atoms with van der Waals surface area (Å²) in [4.78, 5) is 13.4. The third kappa shape index (κ3) is 3.01. The number of methoxy groups -OCH3 is 1. The monoisotopic (exact) mass is 343 g/mol. The number of hydrogen-bond donors (Lipinski definition) is 0. The van der Waals surface area contributed by atoms with Gasteiger partial charge < -0.3 is 14.2 Å². The highest BCUT2D eigenvalue weighted by Crippen LogP contribution is 2.28. The number of anilines is 1. The molecular weight excluding hydrogens is 325 g/mol. The third-order valence-electron chi connectivity index (χ3n) is 4.04. The molecule has 3 heterocycles. The molecule has 22 heavy (non-hydrogen) atoms. The van der Waals surface area contributed by atoms with E-state index in [1.807, 2.05) is 11.6 Å². The number of rotatable bonds is 4. The van der Waals surface area contributed by atoms with Gasteiger partial charge in [0.25, 0.3) is 0 Å². The lowest BCUT2D eigenvalue weighted by Gasteiger charge is -2.35. The Morgan fingerprint density at radius 1 is 1.18 bits per heavy atom. The molecule has 0 atom stereocenters. The Bertz CT molecular complexity index is 667. The maximum Gasteiger partial charge on any atom is 0.206 e. The van der Waals surface area contributed by atoms with Crippen LogP contribution in [0, 0.1) is 0 Å². The summed E-state index contributed by atoms with van der Waals surface area (Å²) < 4.78 is 7.16. The fourth-order valence-electron chi connectivity index (χ4n) is 2.78. The van der Waals surface area contributed by atoms with Gasteiger partial charge in [0.2, 0.25) is 5.95 Å². The van der Waals surface area contributed by atoms with Gasteiger partial charge in [-0.2, -0.15) is 0 Å². The van der Waals surface area contributed by atoms with Gasteiger partial charge in [-0.15, -0.1) is 0 Å². The Morgan fingerprint density at radius 2 is 1.91 bits per heavy atom. The Morgan fingerprint density at radius 3 is 2.59 bits per heavy atom. The van der Waals surface area contributed by atoms with E-state index in [4.69, 9.17) is 27.9 Å². The lowest BCUT2D eigenvalue weighted by molar-refractivity contribution is 0.143. The number of piperazine rings is 1. The largest absolute Gasteiger partial charge is 0.383 e. The fourth-order valence-corrected chi connectivity index (χ4v) is 3.24. The summed E-state index contributed by atoms with van der Waals surface area (Å²) in [5, 5.41) is 0.736. The van der Waals surface area contributed by atoms with Gasteiger partial charge in [0.15, 0.2) is 5.15 Å². The maximum atomic E-state index is 6.15. The quantitative estimate of drug-likeness (QED) is 0.795. The first-order valence-corrected chi connectivity index (χ1v) is 8.00. The van der Waals surface area contributed by atoms with Crippen LogP contribution < -0.4 is 4.90 Å². The van der Waals surface area contributed by atoms with Crippen molar-refractivity contribution in [1.29, 1.82) is 0 Å². The Labute approximate surface area is 139 Å². The van der Waals surface area contributed by atoms with E-state index < -0.39 is 0 Å². The van der Waals surface area contributed by atoms with Crippen molar-refractivity contribution in [2.75, 3.05) is 51.3 Å². The van der Waals surface area contributed by atoms with Gasteiger partial charge in [0.1, 0.15) is 10.7 Å². The first-order valence-electron chi connectivity index (χ1n) is 7.25. The lowest BCUT2D eigenvalue weighted by Crippen LogP contribution is -2.48. The molecule has 1 aliphatic rings. The summed E-state index contributed by atoms with van der Waals surface area (Å²) in [7, 11) is 3.72. The van der Waals surface area contributed by atoms with Crippen LogP contribution in [0.25, 0.3) is 11.0 Å². The second kappa shape index (κ2) is 6.58. The molecule has 3 rings (SSSR count). The summed E-state index contributed by atoms with van der Waals surface area (Å²) in [6.45, 7) is 5.60. The van der Waals surface area contributed by atoms with E-state index in [0.29, 0.717) is 15.8 Å². The number of ether oxygens (including phenoxy) is 1. The van der Waals surface area contributed by atoms with Crippen LogP contribution in [-0.4, -0.2) is 65.9 Å². The highest BCUT2D eigenvalue weighted by Gasteiger charge is 2.22. The molecule has 1 saturated heterocycles. The van der Waals surface area contributed by atoms with Gasteiger partial charge in [-0.25, -0.2) is 9.97 Å². The molecule has 0 N–H and O–H groups in total. The minimum absolute atomic E-state index is 0.350. The van der Waals surface area contributed by atoms with Crippen LogP contribution in [0.5, 0.6) is 0 Å². The van der Waals surface area contributed by atoms with Crippen molar-refractivity contribution < 1.29 is 4.74 Å². The van der Waals surface area contributed by atoms with Gasteiger partial charge in [-0.1, -0.05) is 23.2 Å². The molecule has 6 nitrogen and oxygen atoms in total. The van der Waals surface area contributed by atoms with E-state index >= 15 is 0 Å². The van der Waals surface area contributed by atoms with Crippen LogP contribution in [0.2, 0.25) is 10.3 Å². The Kier molecular flexibility index (Phi) is 4.73. The number of imidazole rings is 1. The Hall–Kier alpha value is -1.08. The second-order valence-electron chi connectivity index (χ2n) is 5.40. The predicted octanol–water partition coefficient (Wildman–Crippen LogP) is 2.04. The molecule has 2 aromatic rings. The fraction of sp³-hybridized carbons (Fsp3) is 0.571. The van der Waals surface area contributed by atoms with Crippen molar-refractivity contribution in [2.24, 2.45) is 7.05 Å². The zero-order valence-corrected chi connectivity index (χ0v) is 14.2. The van der Waals surface area contributed by atoms with E-state index in [9.17, 15) is 0 Å². The van der Waals surface area contributed by atoms with Crippen molar-refractivity contribution in [3.63, 3.8) is 0 Å². The molecule has 1 aliphatic heterocycles. The summed E-state index contributed by atoms with van der Waals surface area (Å²) in [5.74, 6) is 0.910. The van der Waals surface area contributed by atoms with E-state index in [1.165, 1.54) is 0 Å². The molecule has 0 radical (unpaired) electrons. The average Bonchev–Trinajstić information content (AvgIpc) is 2.83. The zero-order valence-electron chi connectivity index (χ0n) is 12.7. The number of halogens is 2. The van der Waals surface area contributed by atoms with Gasteiger partial charge in [0.05, 0.1) is 12.1 Å². The van der Waals surface area contributed by atoms with Crippen molar-refractivity contribution >= 4 is 40.2 Å². The van der Waals surface area contributed by atoms with Gasteiger partial charge in [-0.3, -0.25) is 4.90 Å². The first-order chi connectivity index (χ1) is 10.6. The summed E-state index contributed by atoms with van der Waals surface area (Å²) in [6.07, 6.45) is 0. The van der Waals surface area contributed by atoms with E-state index in [-0.39, 0.29) is 0 Å². The van der Waals surface area contributed by atoms with E-state index in [0.717, 1.165) is 50.8 Å². The van der Waals surface area contributed by atoms with Crippen LogP contribution in [0.4, 0.5) is 5.95 Å². The van der Waals surface area contributed by atoms with Crippen LogP contribution in [0.15, 0.2) is 6.07 Å². The smallest absolute Gasteiger partial charge is 0.206 e. The normalized spacial score (nSPS) is 16.6. The van der Waals surface area contributed by atoms with Crippen molar-refractivity contribution in [1.82, 2.24) is 19.4 Å². The number of nitrogens with zero attached hydrogens (tertiary/aromatic N) is 5. The maximum absolute atomic E-state index is 6.15. The summed E-state index contributed by atoms with van der Waals surface area (Å²) in [6, 6.07) is 1.80. The van der Waals surface area contributed by atoms with E-state index in [2.05, 4.69) is 19.8 Å². The van der Waals surface area contributed by atoms with Gasteiger partial charge >= 0.3 is 0 Å². The molecule has 0 saturated carbocycles. The standard InChI is InChI=1S/C14H19Cl2N5O/c1-19-10-9-11(15)17-13(16)12(10)18-14(19)21-5-3-20(4-6-21)7-8-22-2/h9H,3-8H2,1-2H3. The molecule has 0 bridgehead atoms. The highest BCUT2D eigenvalue weighted by molar-refractivity contribution is 6.36. The van der Waals surface area contributed by atoms with Crippen LogP contribution in [0.1, 0.15) is 0 Å². The Balaban J connectivity index is 1.80. The van der Waals surface area contributed by atoms with Crippen LogP contribution >= 0.6 is 23.2 Å². The molecule has 0 aliphatic carbocycles. The lowest BCUT2D eigenvalue weighted by atomic mass is 10.3. The van der Waals surface area contributed by atoms with Crippen molar-refractivity contribution in [3.05, 3.63) is 16.4 Å². The summed E-state index contributed by atoms with van der Waals surface area (Å²) >= 11 is 12.1. The molecule has 120 valence electrons. The molecular formula is C14H19Cl2N5O. The number of aromatic nitrogens is 3. The summed E-state index contributed by atoms with van der Waals surface area (Å²) in [5.41, 5.74) is 1.60. The topological polar surface area (TPSA) is 46.4 Å². The number of pyridine rings is 1. The first kappa shape index (κ1) is 15.8. The molecule has 1 fully saturated rings. The van der Waals surface area contributed by atoms with Crippen LogP contribution in [-0.2, 0) is 11.8 Å². The third-order valence-corrected chi connectivity index (χ3v) is 4.50. The molecule has 0 unspecified atom stereocenters. The van der Waals surface area contributed by atoms with Gasteiger partial charge in [0, 0.05) is 52.9 Å². The van der Waals surface area contributed by atoms with Gasteiger partial charge in [-0.05, 0) is 0 Å². The SMILES string of the molecule is COCCN1CCN(c2nc3c(Cl)nc(Cl)cc3n2C)CC1. The van der Waals surface area contributed by atoms with Crippen molar-refractivity contribution in [3.8, 4) is 0 Å². The predicted molar refractivity (Wildman–Crippen MR) is 89.1 cm³/mol. The molecule has 0 aromatic carbocycles. The second-order valence-corrected chi connectivity index (χ2v) is 6.14. The minimum atomic E-state index is 0.350.